The summed E-state index contributed by atoms with van der Waals surface area (Å²) >= 11 is 0. The number of hydrogen-bond acceptors (Lipinski definition) is 4. The van der Waals surface area contributed by atoms with Crippen LogP contribution in [0.1, 0.15) is 22.3 Å². The number of methoxy groups -OCH3 is 1. The molecule has 1 unspecified atom stereocenters. The highest BCUT2D eigenvalue weighted by atomic mass is 16.5. The Bertz CT molecular complexity index is 868. The molecule has 146 valence electrons. The van der Waals surface area contributed by atoms with Gasteiger partial charge in [-0.05, 0) is 30.2 Å². The van der Waals surface area contributed by atoms with Gasteiger partial charge in [-0.1, -0.05) is 36.4 Å². The minimum absolute atomic E-state index is 0.0669. The molecule has 1 saturated heterocycles. The number of nitrogens with one attached hydrogen (secondary N) is 2. The number of carbonyl (C=O) groups excluding carboxylic acids is 1. The molecular weight excluding hydrogens is 352 g/mol. The second-order valence-corrected chi connectivity index (χ2v) is 7.28. The van der Waals surface area contributed by atoms with Crippen molar-refractivity contribution in [3.8, 4) is 0 Å². The van der Waals surface area contributed by atoms with E-state index in [4.69, 9.17) is 9.73 Å². The molecule has 1 atom stereocenters. The molecule has 1 fully saturated rings. The Balaban J connectivity index is 1.61. The molecule has 1 spiro atoms. The third-order valence-corrected chi connectivity index (χ3v) is 5.48. The van der Waals surface area contributed by atoms with E-state index in [2.05, 4.69) is 22.8 Å². The van der Waals surface area contributed by atoms with Crippen LogP contribution in [0.2, 0.25) is 0 Å². The quantitative estimate of drug-likeness (QED) is 0.803. The number of carbonyl (C=O) groups is 1. The summed E-state index contributed by atoms with van der Waals surface area (Å²) in [6.45, 7) is 3.17. The van der Waals surface area contributed by atoms with Crippen LogP contribution in [0.25, 0.3) is 0 Å². The molecule has 0 aromatic heterocycles. The van der Waals surface area contributed by atoms with Gasteiger partial charge in [-0.15, -0.1) is 0 Å². The Kier molecular flexibility index (Phi) is 5.41. The largest absolute Gasteiger partial charge is 0.383 e. The maximum absolute atomic E-state index is 13.0. The molecule has 0 radical (unpaired) electrons. The zero-order chi connectivity index (χ0) is 19.4. The van der Waals surface area contributed by atoms with Gasteiger partial charge in [0.25, 0.3) is 5.91 Å². The number of fused-ring (bicyclic) bond motifs is 1. The zero-order valence-electron chi connectivity index (χ0n) is 16.1. The lowest BCUT2D eigenvalue weighted by molar-refractivity contribution is 0.0786. The first-order valence-electron chi connectivity index (χ1n) is 9.70. The van der Waals surface area contributed by atoms with Crippen molar-refractivity contribution in [3.05, 3.63) is 65.7 Å². The third-order valence-electron chi connectivity index (χ3n) is 5.48. The summed E-state index contributed by atoms with van der Waals surface area (Å²) in [7, 11) is 1.68. The van der Waals surface area contributed by atoms with E-state index in [0.717, 1.165) is 30.1 Å². The maximum atomic E-state index is 13.0. The first-order chi connectivity index (χ1) is 13.7. The van der Waals surface area contributed by atoms with Gasteiger partial charge < -0.3 is 15.0 Å². The molecule has 6 nitrogen and oxygen atoms in total. The molecule has 1 amide bonds. The third kappa shape index (κ3) is 3.66. The SMILES string of the molecule is COCCN=C1Nc2ccccc2CNC12CCN(C(=O)c1ccccc1)C2. The van der Waals surface area contributed by atoms with Gasteiger partial charge in [-0.3, -0.25) is 15.1 Å². The summed E-state index contributed by atoms with van der Waals surface area (Å²) < 4.78 is 5.18. The normalized spacial score (nSPS) is 22.8. The number of likely N-dealkylation sites (tertiary alicyclic amines) is 1. The molecule has 28 heavy (non-hydrogen) atoms. The molecule has 2 aromatic carbocycles. The number of hydrogen-bond donors (Lipinski definition) is 2. The molecule has 0 bridgehead atoms. The number of anilines is 1. The maximum Gasteiger partial charge on any atom is 0.253 e. The summed E-state index contributed by atoms with van der Waals surface area (Å²) in [5, 5.41) is 7.24. The Morgan fingerprint density at radius 1 is 1.18 bits per heavy atom. The minimum atomic E-state index is -0.378. The van der Waals surface area contributed by atoms with Gasteiger partial charge in [0.05, 0.1) is 18.7 Å². The number of aliphatic imine (C=N–C) groups is 1. The van der Waals surface area contributed by atoms with Gasteiger partial charge in [-0.25, -0.2) is 0 Å². The van der Waals surface area contributed by atoms with Crippen molar-refractivity contribution in [2.75, 3.05) is 38.7 Å². The van der Waals surface area contributed by atoms with E-state index in [1.165, 1.54) is 5.56 Å². The van der Waals surface area contributed by atoms with Crippen LogP contribution in [0.5, 0.6) is 0 Å². The number of benzene rings is 2. The van der Waals surface area contributed by atoms with Crippen molar-refractivity contribution < 1.29 is 9.53 Å². The molecule has 2 N–H and O–H groups in total. The van der Waals surface area contributed by atoms with Gasteiger partial charge in [0, 0.05) is 38.0 Å². The molecule has 0 saturated carbocycles. The van der Waals surface area contributed by atoms with Crippen molar-refractivity contribution in [2.24, 2.45) is 4.99 Å². The molecule has 2 heterocycles. The van der Waals surface area contributed by atoms with Gasteiger partial charge >= 0.3 is 0 Å². The van der Waals surface area contributed by atoms with Crippen LogP contribution in [0.4, 0.5) is 5.69 Å². The lowest BCUT2D eigenvalue weighted by Gasteiger charge is -2.30. The first kappa shape index (κ1) is 18.7. The highest BCUT2D eigenvalue weighted by molar-refractivity contribution is 6.05. The van der Waals surface area contributed by atoms with E-state index in [1.54, 1.807) is 7.11 Å². The molecule has 4 rings (SSSR count). The van der Waals surface area contributed by atoms with Crippen LogP contribution < -0.4 is 10.6 Å². The number of rotatable bonds is 4. The highest BCUT2D eigenvalue weighted by Gasteiger charge is 2.45. The van der Waals surface area contributed by atoms with E-state index in [0.29, 0.717) is 26.2 Å². The fourth-order valence-electron chi connectivity index (χ4n) is 3.92. The summed E-state index contributed by atoms with van der Waals surface area (Å²) in [4.78, 5) is 19.7. The Hall–Kier alpha value is -2.70. The Labute approximate surface area is 165 Å². The number of para-hydroxylation sites is 1. The predicted octanol–water partition coefficient (Wildman–Crippen LogP) is 2.53. The fraction of sp³-hybridized carbons (Fsp3) is 0.364. The van der Waals surface area contributed by atoms with E-state index in [9.17, 15) is 4.79 Å². The van der Waals surface area contributed by atoms with Crippen LogP contribution in [-0.4, -0.2) is 55.5 Å². The smallest absolute Gasteiger partial charge is 0.253 e. The minimum Gasteiger partial charge on any atom is -0.383 e. The molecule has 2 aliphatic heterocycles. The summed E-state index contributed by atoms with van der Waals surface area (Å²) in [6.07, 6.45) is 0.818. The standard InChI is InChI=1S/C22H26N4O2/c1-28-14-12-23-21-22(24-15-18-9-5-6-10-19(18)25-21)11-13-26(16-22)20(27)17-7-3-2-4-8-17/h2-10,24H,11-16H2,1H3,(H,23,25). The van der Waals surface area contributed by atoms with Crippen LogP contribution in [-0.2, 0) is 11.3 Å². The number of ether oxygens (including phenoxy) is 1. The number of nitrogens with zero attached hydrogens (tertiary/aromatic N) is 2. The molecule has 0 aliphatic carbocycles. The molecular formula is C22H26N4O2. The summed E-state index contributed by atoms with van der Waals surface area (Å²) in [5.41, 5.74) is 2.61. The van der Waals surface area contributed by atoms with Crippen LogP contribution in [0, 0.1) is 0 Å². The van der Waals surface area contributed by atoms with Crippen molar-refractivity contribution in [1.29, 1.82) is 0 Å². The van der Waals surface area contributed by atoms with Crippen LogP contribution >= 0.6 is 0 Å². The van der Waals surface area contributed by atoms with E-state index in [1.807, 2.05) is 47.4 Å². The monoisotopic (exact) mass is 378 g/mol. The molecule has 2 aliphatic rings. The van der Waals surface area contributed by atoms with Gasteiger partial charge in [-0.2, -0.15) is 0 Å². The topological polar surface area (TPSA) is 66.0 Å². The summed E-state index contributed by atoms with van der Waals surface area (Å²) in [6, 6.07) is 17.7. The zero-order valence-corrected chi connectivity index (χ0v) is 16.1. The second-order valence-electron chi connectivity index (χ2n) is 7.28. The van der Waals surface area contributed by atoms with Crippen molar-refractivity contribution in [2.45, 2.75) is 18.5 Å². The first-order valence-corrected chi connectivity index (χ1v) is 9.70. The Morgan fingerprint density at radius 3 is 2.79 bits per heavy atom. The van der Waals surface area contributed by atoms with Gasteiger partial charge in [0.15, 0.2) is 0 Å². The van der Waals surface area contributed by atoms with Gasteiger partial charge in [0.2, 0.25) is 0 Å². The number of amides is 1. The Morgan fingerprint density at radius 2 is 1.96 bits per heavy atom. The predicted molar refractivity (Wildman–Crippen MR) is 111 cm³/mol. The second kappa shape index (κ2) is 8.12. The fourth-order valence-corrected chi connectivity index (χ4v) is 3.92. The average Bonchev–Trinajstić information content (AvgIpc) is 3.11. The van der Waals surface area contributed by atoms with E-state index >= 15 is 0 Å². The lowest BCUT2D eigenvalue weighted by atomic mass is 9.96. The van der Waals surface area contributed by atoms with Crippen LogP contribution in [0.15, 0.2) is 59.6 Å². The average molecular weight is 378 g/mol. The van der Waals surface area contributed by atoms with Crippen molar-refractivity contribution in [1.82, 2.24) is 10.2 Å². The van der Waals surface area contributed by atoms with Crippen molar-refractivity contribution in [3.63, 3.8) is 0 Å². The molecule has 6 heteroatoms. The summed E-state index contributed by atoms with van der Waals surface area (Å²) in [5.74, 6) is 0.954. The lowest BCUT2D eigenvalue weighted by Crippen LogP contribution is -2.55. The highest BCUT2D eigenvalue weighted by Crippen LogP contribution is 2.30. The molecule has 2 aromatic rings. The van der Waals surface area contributed by atoms with Crippen molar-refractivity contribution >= 4 is 17.4 Å². The van der Waals surface area contributed by atoms with E-state index < -0.39 is 0 Å². The van der Waals surface area contributed by atoms with Crippen LogP contribution in [0.3, 0.4) is 0 Å². The number of amidine groups is 1. The van der Waals surface area contributed by atoms with Gasteiger partial charge in [0.1, 0.15) is 5.84 Å². The van der Waals surface area contributed by atoms with E-state index in [-0.39, 0.29) is 11.4 Å².